The van der Waals surface area contributed by atoms with Gasteiger partial charge in [0.25, 0.3) is 5.91 Å². The van der Waals surface area contributed by atoms with E-state index in [9.17, 15) is 9.59 Å². The summed E-state index contributed by atoms with van der Waals surface area (Å²) < 4.78 is 0. The zero-order valence-electron chi connectivity index (χ0n) is 10.7. The molecule has 1 aliphatic heterocycles. The summed E-state index contributed by atoms with van der Waals surface area (Å²) in [5.74, 6) is -0.409. The smallest absolute Gasteiger partial charge is 0.271 e. The topological polar surface area (TPSA) is 83.1 Å². The van der Waals surface area contributed by atoms with Gasteiger partial charge in [-0.2, -0.15) is 0 Å². The summed E-state index contributed by atoms with van der Waals surface area (Å²) in [5.41, 5.74) is 1.56. The third-order valence-electron chi connectivity index (χ3n) is 2.65. The maximum absolute atomic E-state index is 11.9. The van der Waals surface area contributed by atoms with Crippen molar-refractivity contribution in [3.05, 3.63) is 22.7 Å². The van der Waals surface area contributed by atoms with Gasteiger partial charge in [-0.1, -0.05) is 11.6 Å². The molecule has 0 aliphatic carbocycles. The van der Waals surface area contributed by atoms with E-state index in [2.05, 4.69) is 27.0 Å². The highest BCUT2D eigenvalue weighted by molar-refractivity contribution is 7.14. The number of thiazole rings is 1. The first kappa shape index (κ1) is 13.7. The molecule has 0 bridgehead atoms. The van der Waals surface area contributed by atoms with Crippen LogP contribution in [0.4, 0.5) is 5.13 Å². The van der Waals surface area contributed by atoms with Crippen molar-refractivity contribution < 1.29 is 9.59 Å². The van der Waals surface area contributed by atoms with Crippen molar-refractivity contribution in [1.29, 1.82) is 0 Å². The summed E-state index contributed by atoms with van der Waals surface area (Å²) in [6.45, 7) is 3.76. The third kappa shape index (κ3) is 4.15. The standard InChI is InChI=1S/C12H16N4O2S/c1-8(17)15-12-16-10(7-19-12)11(18)14-6-9-2-4-13-5-3-9/h2,7,13H,3-6H2,1H3,(H,14,18)(H,15,16,17). The van der Waals surface area contributed by atoms with E-state index >= 15 is 0 Å². The van der Waals surface area contributed by atoms with E-state index < -0.39 is 0 Å². The SMILES string of the molecule is CC(=O)Nc1nc(C(=O)NCC2=CCNCC2)cs1. The minimum atomic E-state index is -0.215. The zero-order valence-corrected chi connectivity index (χ0v) is 11.5. The lowest BCUT2D eigenvalue weighted by atomic mass is 10.1. The average molecular weight is 280 g/mol. The molecule has 1 aromatic rings. The Balaban J connectivity index is 1.87. The highest BCUT2D eigenvalue weighted by Gasteiger charge is 2.12. The highest BCUT2D eigenvalue weighted by Crippen LogP contribution is 2.15. The number of amides is 2. The fourth-order valence-corrected chi connectivity index (χ4v) is 2.44. The van der Waals surface area contributed by atoms with Gasteiger partial charge in [-0.3, -0.25) is 9.59 Å². The van der Waals surface area contributed by atoms with Gasteiger partial charge in [-0.05, 0) is 13.0 Å². The molecule has 0 atom stereocenters. The van der Waals surface area contributed by atoms with Crippen molar-refractivity contribution in [2.45, 2.75) is 13.3 Å². The second kappa shape index (κ2) is 6.44. The third-order valence-corrected chi connectivity index (χ3v) is 3.41. The first-order valence-corrected chi connectivity index (χ1v) is 6.93. The normalized spacial score (nSPS) is 14.7. The number of hydrogen-bond acceptors (Lipinski definition) is 5. The Labute approximate surface area is 115 Å². The van der Waals surface area contributed by atoms with Crippen molar-refractivity contribution >= 4 is 28.3 Å². The van der Waals surface area contributed by atoms with Crippen molar-refractivity contribution in [2.24, 2.45) is 0 Å². The fraction of sp³-hybridized carbons (Fsp3) is 0.417. The Morgan fingerprint density at radius 2 is 2.37 bits per heavy atom. The van der Waals surface area contributed by atoms with Gasteiger partial charge in [0.15, 0.2) is 5.13 Å². The molecule has 0 fully saturated rings. The molecule has 0 radical (unpaired) electrons. The number of carbonyl (C=O) groups excluding carboxylic acids is 2. The predicted octanol–water partition coefficient (Wildman–Crippen LogP) is 0.751. The maximum atomic E-state index is 11.9. The minimum Gasteiger partial charge on any atom is -0.347 e. The minimum absolute atomic E-state index is 0.193. The molecule has 3 N–H and O–H groups in total. The molecule has 6 nitrogen and oxygen atoms in total. The van der Waals surface area contributed by atoms with E-state index in [0.29, 0.717) is 17.4 Å². The predicted molar refractivity (Wildman–Crippen MR) is 74.3 cm³/mol. The molecular formula is C12H16N4O2S. The lowest BCUT2D eigenvalue weighted by Crippen LogP contribution is -2.29. The molecule has 0 aromatic carbocycles. The molecule has 0 saturated heterocycles. The quantitative estimate of drug-likeness (QED) is 0.711. The maximum Gasteiger partial charge on any atom is 0.271 e. The number of aromatic nitrogens is 1. The molecule has 102 valence electrons. The lowest BCUT2D eigenvalue weighted by molar-refractivity contribution is -0.114. The van der Waals surface area contributed by atoms with Crippen molar-refractivity contribution in [2.75, 3.05) is 25.0 Å². The summed E-state index contributed by atoms with van der Waals surface area (Å²) in [5, 5.41) is 10.7. The molecule has 7 heteroatoms. The molecule has 1 aromatic heterocycles. The molecule has 0 saturated carbocycles. The number of anilines is 1. The molecule has 2 heterocycles. The number of carbonyl (C=O) groups is 2. The van der Waals surface area contributed by atoms with Gasteiger partial charge < -0.3 is 16.0 Å². The van der Waals surface area contributed by atoms with Gasteiger partial charge in [0.05, 0.1) is 0 Å². The van der Waals surface area contributed by atoms with Gasteiger partial charge in [-0.15, -0.1) is 11.3 Å². The Morgan fingerprint density at radius 3 is 3.05 bits per heavy atom. The second-order valence-electron chi connectivity index (χ2n) is 4.22. The van der Waals surface area contributed by atoms with Gasteiger partial charge in [0.2, 0.25) is 5.91 Å². The highest BCUT2D eigenvalue weighted by atomic mass is 32.1. The fourth-order valence-electron chi connectivity index (χ4n) is 1.70. The molecule has 0 unspecified atom stereocenters. The van der Waals surface area contributed by atoms with Crippen LogP contribution in [0.5, 0.6) is 0 Å². The van der Waals surface area contributed by atoms with Crippen LogP contribution < -0.4 is 16.0 Å². The van der Waals surface area contributed by atoms with Crippen LogP contribution in [-0.2, 0) is 4.79 Å². The molecule has 1 aliphatic rings. The van der Waals surface area contributed by atoms with Crippen LogP contribution in [0.3, 0.4) is 0 Å². The van der Waals surface area contributed by atoms with Crippen LogP contribution in [-0.4, -0.2) is 36.4 Å². The molecule has 2 rings (SSSR count). The summed E-state index contributed by atoms with van der Waals surface area (Å²) in [6.07, 6.45) is 3.04. The van der Waals surface area contributed by atoms with Crippen LogP contribution in [0.25, 0.3) is 0 Å². The Morgan fingerprint density at radius 1 is 1.53 bits per heavy atom. The van der Waals surface area contributed by atoms with Crippen LogP contribution in [0.1, 0.15) is 23.8 Å². The number of hydrogen-bond donors (Lipinski definition) is 3. The summed E-state index contributed by atoms with van der Waals surface area (Å²) in [6, 6.07) is 0. The summed E-state index contributed by atoms with van der Waals surface area (Å²) >= 11 is 1.24. The monoisotopic (exact) mass is 280 g/mol. The second-order valence-corrected chi connectivity index (χ2v) is 5.08. The van der Waals surface area contributed by atoms with Gasteiger partial charge >= 0.3 is 0 Å². The van der Waals surface area contributed by atoms with Crippen molar-refractivity contribution in [1.82, 2.24) is 15.6 Å². The molecule has 2 amide bonds. The van der Waals surface area contributed by atoms with Crippen LogP contribution in [0, 0.1) is 0 Å². The number of nitrogens with zero attached hydrogens (tertiary/aromatic N) is 1. The van der Waals surface area contributed by atoms with Crippen molar-refractivity contribution in [3.8, 4) is 0 Å². The Bertz CT molecular complexity index is 510. The van der Waals surface area contributed by atoms with E-state index in [-0.39, 0.29) is 11.8 Å². The summed E-state index contributed by atoms with van der Waals surface area (Å²) in [7, 11) is 0. The van der Waals surface area contributed by atoms with E-state index in [1.807, 2.05) is 0 Å². The molecular weight excluding hydrogens is 264 g/mol. The largest absolute Gasteiger partial charge is 0.347 e. The van der Waals surface area contributed by atoms with Gasteiger partial charge in [0.1, 0.15) is 5.69 Å². The van der Waals surface area contributed by atoms with Crippen LogP contribution >= 0.6 is 11.3 Å². The lowest BCUT2D eigenvalue weighted by Gasteiger charge is -2.14. The first-order valence-electron chi connectivity index (χ1n) is 6.05. The van der Waals surface area contributed by atoms with Crippen LogP contribution in [0.15, 0.2) is 17.0 Å². The number of rotatable bonds is 4. The van der Waals surface area contributed by atoms with Gasteiger partial charge in [-0.25, -0.2) is 4.98 Å². The Kier molecular flexibility index (Phi) is 4.64. The van der Waals surface area contributed by atoms with Gasteiger partial charge in [0, 0.05) is 25.4 Å². The Hall–Kier alpha value is -1.73. The van der Waals surface area contributed by atoms with E-state index in [1.54, 1.807) is 5.38 Å². The number of nitrogens with one attached hydrogen (secondary N) is 3. The summed E-state index contributed by atoms with van der Waals surface area (Å²) in [4.78, 5) is 26.8. The zero-order chi connectivity index (χ0) is 13.7. The van der Waals surface area contributed by atoms with Crippen molar-refractivity contribution in [3.63, 3.8) is 0 Å². The van der Waals surface area contributed by atoms with E-state index in [1.165, 1.54) is 23.8 Å². The van der Waals surface area contributed by atoms with E-state index in [4.69, 9.17) is 0 Å². The van der Waals surface area contributed by atoms with Crippen LogP contribution in [0.2, 0.25) is 0 Å². The first-order chi connectivity index (χ1) is 9.15. The average Bonchev–Trinajstić information content (AvgIpc) is 2.85. The molecule has 0 spiro atoms. The molecule has 19 heavy (non-hydrogen) atoms. The van der Waals surface area contributed by atoms with E-state index in [0.717, 1.165) is 19.5 Å².